The topological polar surface area (TPSA) is 125 Å². The maximum Gasteiger partial charge on any atom is 0.325 e. The van der Waals surface area contributed by atoms with E-state index in [9.17, 15) is 22.8 Å². The van der Waals surface area contributed by atoms with Crippen molar-refractivity contribution in [3.63, 3.8) is 0 Å². The Morgan fingerprint density at radius 1 is 0.970 bits per heavy atom. The molecule has 0 radical (unpaired) electrons. The number of nitrogens with one attached hydrogen (secondary N) is 3. The van der Waals surface area contributed by atoms with Gasteiger partial charge in [-0.1, -0.05) is 43.5 Å². The molecule has 1 aliphatic heterocycles. The second kappa shape index (κ2) is 9.22. The number of nitrogens with zero attached hydrogens (tertiary/aromatic N) is 1. The SMILES string of the molecule is O=C(CCN1C(=O)NC2(CCCCC2)C1=O)Nc1cccc(NS(=O)(=O)c2ccccc2)c1. The van der Waals surface area contributed by atoms with Gasteiger partial charge in [-0.05, 0) is 43.2 Å². The number of rotatable bonds is 7. The average molecular weight is 471 g/mol. The summed E-state index contributed by atoms with van der Waals surface area (Å²) in [5.74, 6) is -0.638. The number of hydrogen-bond acceptors (Lipinski definition) is 5. The first-order valence-corrected chi connectivity index (χ1v) is 12.4. The van der Waals surface area contributed by atoms with Crippen LogP contribution in [0.2, 0.25) is 0 Å². The molecule has 4 rings (SSSR count). The van der Waals surface area contributed by atoms with Gasteiger partial charge < -0.3 is 10.6 Å². The molecule has 2 aromatic carbocycles. The van der Waals surface area contributed by atoms with Crippen LogP contribution in [-0.4, -0.2) is 43.2 Å². The first-order valence-electron chi connectivity index (χ1n) is 10.9. The molecule has 1 aliphatic carbocycles. The summed E-state index contributed by atoms with van der Waals surface area (Å²) >= 11 is 0. The van der Waals surface area contributed by atoms with Crippen LogP contribution in [0.4, 0.5) is 16.2 Å². The van der Waals surface area contributed by atoms with Crippen LogP contribution in [0.15, 0.2) is 59.5 Å². The van der Waals surface area contributed by atoms with Gasteiger partial charge in [0.15, 0.2) is 0 Å². The highest BCUT2D eigenvalue weighted by atomic mass is 32.2. The molecule has 10 heteroatoms. The van der Waals surface area contributed by atoms with Gasteiger partial charge >= 0.3 is 6.03 Å². The van der Waals surface area contributed by atoms with E-state index in [4.69, 9.17) is 0 Å². The van der Waals surface area contributed by atoms with Crippen molar-refractivity contribution in [2.75, 3.05) is 16.6 Å². The second-order valence-electron chi connectivity index (χ2n) is 8.33. The van der Waals surface area contributed by atoms with E-state index in [2.05, 4.69) is 15.4 Å². The predicted octanol–water partition coefficient (Wildman–Crippen LogP) is 3.07. The van der Waals surface area contributed by atoms with Crippen LogP contribution in [0.5, 0.6) is 0 Å². The summed E-state index contributed by atoms with van der Waals surface area (Å²) in [7, 11) is -3.76. The number of carbonyl (C=O) groups excluding carboxylic acids is 3. The fraction of sp³-hybridized carbons (Fsp3) is 0.348. The molecule has 9 nitrogen and oxygen atoms in total. The van der Waals surface area contributed by atoms with Crippen molar-refractivity contribution in [1.82, 2.24) is 10.2 Å². The molecular weight excluding hydrogens is 444 g/mol. The van der Waals surface area contributed by atoms with E-state index >= 15 is 0 Å². The first kappa shape index (κ1) is 22.8. The van der Waals surface area contributed by atoms with E-state index in [0.29, 0.717) is 24.2 Å². The van der Waals surface area contributed by atoms with Gasteiger partial charge in [-0.2, -0.15) is 0 Å². The van der Waals surface area contributed by atoms with Crippen molar-refractivity contribution in [3.8, 4) is 0 Å². The lowest BCUT2D eigenvalue weighted by Crippen LogP contribution is -2.48. The average Bonchev–Trinajstić information content (AvgIpc) is 3.02. The summed E-state index contributed by atoms with van der Waals surface area (Å²) in [5.41, 5.74) is -0.116. The van der Waals surface area contributed by atoms with Crippen molar-refractivity contribution in [2.45, 2.75) is 49.0 Å². The largest absolute Gasteiger partial charge is 0.326 e. The van der Waals surface area contributed by atoms with Crippen LogP contribution in [-0.2, 0) is 19.6 Å². The molecule has 2 aromatic rings. The minimum Gasteiger partial charge on any atom is -0.326 e. The Hall–Kier alpha value is -3.40. The minimum atomic E-state index is -3.76. The minimum absolute atomic E-state index is 0.0153. The Morgan fingerprint density at radius 2 is 1.67 bits per heavy atom. The third-order valence-electron chi connectivity index (χ3n) is 5.97. The van der Waals surface area contributed by atoms with Gasteiger partial charge in [0.05, 0.1) is 10.6 Å². The zero-order valence-corrected chi connectivity index (χ0v) is 18.9. The molecular formula is C23H26N4O5S. The van der Waals surface area contributed by atoms with Crippen LogP contribution in [0.1, 0.15) is 38.5 Å². The first-order chi connectivity index (χ1) is 15.8. The molecule has 174 valence electrons. The van der Waals surface area contributed by atoms with E-state index in [1.165, 1.54) is 18.2 Å². The molecule has 2 aliphatic rings. The fourth-order valence-corrected chi connectivity index (χ4v) is 5.36. The van der Waals surface area contributed by atoms with Gasteiger partial charge in [0, 0.05) is 18.7 Å². The molecule has 1 heterocycles. The molecule has 3 N–H and O–H groups in total. The third kappa shape index (κ3) is 5.00. The Balaban J connectivity index is 1.35. The fourth-order valence-electron chi connectivity index (χ4n) is 4.28. The number of hydrogen-bond donors (Lipinski definition) is 3. The third-order valence-corrected chi connectivity index (χ3v) is 7.36. The summed E-state index contributed by atoms with van der Waals surface area (Å²) in [6.07, 6.45) is 4.04. The summed E-state index contributed by atoms with van der Waals surface area (Å²) in [6, 6.07) is 13.8. The number of anilines is 2. The van der Waals surface area contributed by atoms with Crippen LogP contribution in [0.25, 0.3) is 0 Å². The monoisotopic (exact) mass is 470 g/mol. The number of urea groups is 1. The summed E-state index contributed by atoms with van der Waals surface area (Å²) in [5, 5.41) is 5.51. The molecule has 1 spiro atoms. The smallest absolute Gasteiger partial charge is 0.325 e. The van der Waals surface area contributed by atoms with Gasteiger partial charge in [0.1, 0.15) is 5.54 Å². The molecule has 1 saturated heterocycles. The van der Waals surface area contributed by atoms with Gasteiger partial charge in [-0.3, -0.25) is 19.2 Å². The van der Waals surface area contributed by atoms with Crippen LogP contribution in [0.3, 0.4) is 0 Å². The van der Waals surface area contributed by atoms with E-state index in [-0.39, 0.29) is 29.7 Å². The Bertz CT molecular complexity index is 1160. The van der Waals surface area contributed by atoms with Crippen molar-refractivity contribution < 1.29 is 22.8 Å². The van der Waals surface area contributed by atoms with E-state index in [1.54, 1.807) is 36.4 Å². The lowest BCUT2D eigenvalue weighted by atomic mass is 9.82. The summed E-state index contributed by atoms with van der Waals surface area (Å²) in [4.78, 5) is 38.8. The lowest BCUT2D eigenvalue weighted by molar-refractivity contribution is -0.132. The number of imide groups is 1. The lowest BCUT2D eigenvalue weighted by Gasteiger charge is -2.30. The van der Waals surface area contributed by atoms with Crippen molar-refractivity contribution in [2.24, 2.45) is 0 Å². The van der Waals surface area contributed by atoms with Crippen molar-refractivity contribution in [3.05, 3.63) is 54.6 Å². The molecule has 1 saturated carbocycles. The standard InChI is InChI=1S/C23H26N4O5S/c28-20(12-15-27-21(29)23(25-22(27)30)13-5-2-6-14-23)24-17-8-7-9-18(16-17)26-33(31,32)19-10-3-1-4-11-19/h1,3-4,7-11,16,26H,2,5-6,12-15H2,(H,24,28)(H,25,30). The van der Waals surface area contributed by atoms with Gasteiger partial charge in [-0.15, -0.1) is 0 Å². The molecule has 0 bridgehead atoms. The molecule has 0 unspecified atom stereocenters. The van der Waals surface area contributed by atoms with Crippen LogP contribution >= 0.6 is 0 Å². The second-order valence-corrected chi connectivity index (χ2v) is 10.0. The number of carbonyl (C=O) groups is 3. The van der Waals surface area contributed by atoms with Gasteiger partial charge in [0.2, 0.25) is 5.91 Å². The van der Waals surface area contributed by atoms with Crippen LogP contribution < -0.4 is 15.4 Å². The van der Waals surface area contributed by atoms with Crippen molar-refractivity contribution >= 4 is 39.2 Å². The normalized spacial score (nSPS) is 17.6. The van der Waals surface area contributed by atoms with E-state index < -0.39 is 21.6 Å². The highest BCUT2D eigenvalue weighted by molar-refractivity contribution is 7.92. The molecule has 33 heavy (non-hydrogen) atoms. The molecule has 0 aromatic heterocycles. The molecule has 4 amide bonds. The maximum absolute atomic E-state index is 12.8. The number of benzene rings is 2. The molecule has 0 atom stereocenters. The predicted molar refractivity (Wildman–Crippen MR) is 123 cm³/mol. The zero-order valence-electron chi connectivity index (χ0n) is 18.0. The Morgan fingerprint density at radius 3 is 2.39 bits per heavy atom. The number of amides is 4. The quantitative estimate of drug-likeness (QED) is 0.537. The molecule has 2 fully saturated rings. The van der Waals surface area contributed by atoms with Gasteiger partial charge in [0.25, 0.3) is 15.9 Å². The zero-order chi connectivity index (χ0) is 23.5. The highest BCUT2D eigenvalue weighted by Gasteiger charge is 2.51. The van der Waals surface area contributed by atoms with Crippen molar-refractivity contribution in [1.29, 1.82) is 0 Å². The van der Waals surface area contributed by atoms with E-state index in [0.717, 1.165) is 24.2 Å². The summed E-state index contributed by atoms with van der Waals surface area (Å²) < 4.78 is 27.5. The Kier molecular flexibility index (Phi) is 6.37. The number of sulfonamides is 1. The highest BCUT2D eigenvalue weighted by Crippen LogP contribution is 2.33. The van der Waals surface area contributed by atoms with E-state index in [1.807, 2.05) is 0 Å². The summed E-state index contributed by atoms with van der Waals surface area (Å²) in [6.45, 7) is -0.0153. The Labute approximate surface area is 192 Å². The maximum atomic E-state index is 12.8. The van der Waals surface area contributed by atoms with Gasteiger partial charge in [-0.25, -0.2) is 13.2 Å². The van der Waals surface area contributed by atoms with Crippen LogP contribution in [0, 0.1) is 0 Å².